The molecule has 1 saturated heterocycles. The van der Waals surface area contributed by atoms with Gasteiger partial charge in [0, 0.05) is 40.0 Å². The molecule has 1 aliphatic heterocycles. The topological polar surface area (TPSA) is 80.9 Å². The van der Waals surface area contributed by atoms with Crippen molar-refractivity contribution in [2.24, 2.45) is 10.9 Å². The summed E-state index contributed by atoms with van der Waals surface area (Å²) in [5.41, 5.74) is 0.927. The van der Waals surface area contributed by atoms with Crippen molar-refractivity contribution in [3.8, 4) is 0 Å². The quantitative estimate of drug-likeness (QED) is 0.427. The van der Waals surface area contributed by atoms with Crippen LogP contribution in [0.4, 0.5) is 0 Å². The molecule has 1 aromatic rings. The van der Waals surface area contributed by atoms with Crippen molar-refractivity contribution in [3.05, 3.63) is 17.3 Å². The Balaban J connectivity index is 1.53. The van der Waals surface area contributed by atoms with E-state index in [-0.39, 0.29) is 0 Å². The van der Waals surface area contributed by atoms with E-state index in [0.29, 0.717) is 18.4 Å². The van der Waals surface area contributed by atoms with Crippen molar-refractivity contribution in [1.82, 2.24) is 15.6 Å². The number of nitrogens with one attached hydrogen (secondary N) is 2. The Hall–Kier alpha value is -1.60. The molecule has 1 fully saturated rings. The minimum absolute atomic E-state index is 0.522. The maximum atomic E-state index is 5.75. The van der Waals surface area contributed by atoms with Crippen LogP contribution in [0.2, 0.25) is 0 Å². The fourth-order valence-corrected chi connectivity index (χ4v) is 2.54. The molecule has 0 unspecified atom stereocenters. The van der Waals surface area contributed by atoms with Crippen LogP contribution in [0.5, 0.6) is 0 Å². The van der Waals surface area contributed by atoms with Crippen molar-refractivity contribution < 1.29 is 13.9 Å². The van der Waals surface area contributed by atoms with Crippen LogP contribution >= 0.6 is 0 Å². The van der Waals surface area contributed by atoms with E-state index >= 15 is 0 Å². The third kappa shape index (κ3) is 6.49. The van der Waals surface area contributed by atoms with Gasteiger partial charge in [0.1, 0.15) is 5.76 Å². The van der Waals surface area contributed by atoms with Crippen LogP contribution < -0.4 is 10.6 Å². The van der Waals surface area contributed by atoms with Gasteiger partial charge in [0.05, 0.1) is 12.2 Å². The molecule has 0 spiro atoms. The third-order valence-electron chi connectivity index (χ3n) is 4.16. The maximum Gasteiger partial charge on any atom is 0.214 e. The van der Waals surface area contributed by atoms with Gasteiger partial charge in [0.15, 0.2) is 5.96 Å². The summed E-state index contributed by atoms with van der Waals surface area (Å²) in [7, 11) is 1.75. The molecule has 7 nitrogen and oxygen atoms in total. The monoisotopic (exact) mass is 338 g/mol. The van der Waals surface area contributed by atoms with Crippen molar-refractivity contribution in [1.29, 1.82) is 0 Å². The minimum Gasteiger partial charge on any atom is -0.444 e. The second kappa shape index (κ2) is 10.3. The summed E-state index contributed by atoms with van der Waals surface area (Å²) in [6, 6.07) is 0. The second-order valence-corrected chi connectivity index (χ2v) is 6.09. The minimum atomic E-state index is 0.522. The van der Waals surface area contributed by atoms with Crippen LogP contribution in [-0.4, -0.2) is 51.0 Å². The molecule has 0 atom stereocenters. The number of nitrogens with zero attached hydrogens (tertiary/aromatic N) is 2. The molecule has 136 valence electrons. The van der Waals surface area contributed by atoms with Crippen molar-refractivity contribution >= 4 is 5.96 Å². The van der Waals surface area contributed by atoms with E-state index in [1.807, 2.05) is 13.8 Å². The van der Waals surface area contributed by atoms with Crippen LogP contribution in [0, 0.1) is 19.8 Å². The van der Waals surface area contributed by atoms with E-state index < -0.39 is 0 Å². The van der Waals surface area contributed by atoms with Crippen LogP contribution in [0.15, 0.2) is 9.41 Å². The zero-order chi connectivity index (χ0) is 17.2. The van der Waals surface area contributed by atoms with Crippen LogP contribution in [-0.2, 0) is 16.0 Å². The predicted molar refractivity (Wildman–Crippen MR) is 93.2 cm³/mol. The lowest BCUT2D eigenvalue weighted by Gasteiger charge is -2.21. The summed E-state index contributed by atoms with van der Waals surface area (Å²) < 4.78 is 16.6. The summed E-state index contributed by atoms with van der Waals surface area (Å²) >= 11 is 0. The first-order valence-corrected chi connectivity index (χ1v) is 8.72. The first-order chi connectivity index (χ1) is 11.7. The Bertz CT molecular complexity index is 490. The molecule has 7 heteroatoms. The Morgan fingerprint density at radius 3 is 2.75 bits per heavy atom. The number of rotatable bonds is 8. The highest BCUT2D eigenvalue weighted by Gasteiger charge is 2.13. The molecule has 0 amide bonds. The Morgan fingerprint density at radius 1 is 1.29 bits per heavy atom. The van der Waals surface area contributed by atoms with E-state index in [9.17, 15) is 0 Å². The number of hydrogen-bond donors (Lipinski definition) is 2. The second-order valence-electron chi connectivity index (χ2n) is 6.09. The van der Waals surface area contributed by atoms with E-state index in [1.54, 1.807) is 7.05 Å². The fourth-order valence-electron chi connectivity index (χ4n) is 2.54. The Labute approximate surface area is 144 Å². The number of aromatic nitrogens is 1. The van der Waals surface area contributed by atoms with E-state index in [2.05, 4.69) is 20.6 Å². The molecule has 1 aromatic heterocycles. The number of guanidine groups is 1. The lowest BCUT2D eigenvalue weighted by Crippen LogP contribution is -2.37. The number of aryl methyl sites for hydroxylation is 2. The van der Waals surface area contributed by atoms with E-state index in [1.165, 1.54) is 0 Å². The lowest BCUT2D eigenvalue weighted by atomic mass is 10.0. The lowest BCUT2D eigenvalue weighted by molar-refractivity contribution is 0.0203. The summed E-state index contributed by atoms with van der Waals surface area (Å²) in [5.74, 6) is 2.94. The van der Waals surface area contributed by atoms with Gasteiger partial charge < -0.3 is 24.5 Å². The smallest absolute Gasteiger partial charge is 0.214 e. The summed E-state index contributed by atoms with van der Waals surface area (Å²) in [6.45, 7) is 8.56. The number of aliphatic imine (C=N–C) groups is 1. The molecular formula is C17H30N4O3. The van der Waals surface area contributed by atoms with Gasteiger partial charge in [-0.3, -0.25) is 4.99 Å². The molecule has 0 aliphatic carbocycles. The Kier molecular flexibility index (Phi) is 8.04. The van der Waals surface area contributed by atoms with E-state index in [0.717, 1.165) is 69.6 Å². The van der Waals surface area contributed by atoms with Crippen LogP contribution in [0.25, 0.3) is 0 Å². The first-order valence-electron chi connectivity index (χ1n) is 8.72. The summed E-state index contributed by atoms with van der Waals surface area (Å²) in [5, 5.41) is 6.47. The SMILES string of the molecule is CN=C(NCCCOCC1CCOCC1)NCc1nc(C)c(C)o1. The number of oxazole rings is 1. The zero-order valence-electron chi connectivity index (χ0n) is 15.1. The average molecular weight is 338 g/mol. The highest BCUT2D eigenvalue weighted by Crippen LogP contribution is 2.14. The largest absolute Gasteiger partial charge is 0.444 e. The van der Waals surface area contributed by atoms with Gasteiger partial charge in [0.25, 0.3) is 0 Å². The van der Waals surface area contributed by atoms with Gasteiger partial charge in [-0.1, -0.05) is 0 Å². The maximum absolute atomic E-state index is 5.75. The van der Waals surface area contributed by atoms with Gasteiger partial charge in [0.2, 0.25) is 5.89 Å². The molecular weight excluding hydrogens is 308 g/mol. The molecule has 24 heavy (non-hydrogen) atoms. The normalized spacial score (nSPS) is 16.4. The third-order valence-corrected chi connectivity index (χ3v) is 4.16. The number of hydrogen-bond acceptors (Lipinski definition) is 5. The average Bonchev–Trinajstić information content (AvgIpc) is 2.92. The summed E-state index contributed by atoms with van der Waals surface area (Å²) in [6.07, 6.45) is 3.18. The zero-order valence-corrected chi connectivity index (χ0v) is 15.1. The van der Waals surface area contributed by atoms with Gasteiger partial charge in [-0.25, -0.2) is 4.98 Å². The molecule has 0 radical (unpaired) electrons. The van der Waals surface area contributed by atoms with Gasteiger partial charge in [-0.05, 0) is 39.0 Å². The molecule has 0 aromatic carbocycles. The van der Waals surface area contributed by atoms with Gasteiger partial charge >= 0.3 is 0 Å². The van der Waals surface area contributed by atoms with Crippen LogP contribution in [0.1, 0.15) is 36.6 Å². The van der Waals surface area contributed by atoms with Crippen molar-refractivity contribution in [3.63, 3.8) is 0 Å². The fraction of sp³-hybridized carbons (Fsp3) is 0.765. The highest BCUT2D eigenvalue weighted by atomic mass is 16.5. The molecule has 0 saturated carbocycles. The summed E-state index contributed by atoms with van der Waals surface area (Å²) in [4.78, 5) is 8.53. The number of ether oxygens (including phenoxy) is 2. The van der Waals surface area contributed by atoms with Gasteiger partial charge in [-0.2, -0.15) is 0 Å². The van der Waals surface area contributed by atoms with E-state index in [4.69, 9.17) is 13.9 Å². The predicted octanol–water partition coefficient (Wildman–Crippen LogP) is 1.79. The standard InChI is InChI=1S/C17H30N4O3/c1-13-14(2)24-16(21-13)11-20-17(18-3)19-7-4-8-23-12-15-5-9-22-10-6-15/h15H,4-12H2,1-3H3,(H2,18,19,20). The molecule has 2 heterocycles. The van der Waals surface area contributed by atoms with Gasteiger partial charge in [-0.15, -0.1) is 0 Å². The Morgan fingerprint density at radius 2 is 2.08 bits per heavy atom. The van der Waals surface area contributed by atoms with Crippen LogP contribution in [0.3, 0.4) is 0 Å². The van der Waals surface area contributed by atoms with Crippen molar-refractivity contribution in [2.45, 2.75) is 39.7 Å². The molecule has 0 bridgehead atoms. The molecule has 1 aliphatic rings. The molecule has 2 rings (SSSR count). The highest BCUT2D eigenvalue weighted by molar-refractivity contribution is 5.79. The molecule has 2 N–H and O–H groups in total. The first kappa shape index (κ1) is 18.7. The van der Waals surface area contributed by atoms with Crippen molar-refractivity contribution in [2.75, 3.05) is 40.0 Å².